The Morgan fingerprint density at radius 3 is 2.65 bits per heavy atom. The molecule has 1 aromatic heterocycles. The summed E-state index contributed by atoms with van der Waals surface area (Å²) >= 11 is 4.76. The lowest BCUT2D eigenvalue weighted by Gasteiger charge is -2.18. The Morgan fingerprint density at radius 2 is 2.24 bits per heavy atom. The van der Waals surface area contributed by atoms with Gasteiger partial charge in [-0.25, -0.2) is 0 Å². The molecule has 0 saturated heterocycles. The van der Waals surface area contributed by atoms with Crippen molar-refractivity contribution < 1.29 is 4.79 Å². The highest BCUT2D eigenvalue weighted by Gasteiger charge is 2.14. The molecule has 0 aromatic carbocycles. The van der Waals surface area contributed by atoms with Gasteiger partial charge in [0.1, 0.15) is 0 Å². The predicted octanol–water partition coefficient (Wildman–Crippen LogP) is 3.04. The summed E-state index contributed by atoms with van der Waals surface area (Å²) in [5, 5.41) is 4.85. The highest BCUT2D eigenvalue weighted by Crippen LogP contribution is 2.19. The molecule has 3 nitrogen and oxygen atoms in total. The summed E-state index contributed by atoms with van der Waals surface area (Å²) in [7, 11) is 0. The van der Waals surface area contributed by atoms with Gasteiger partial charge in [-0.2, -0.15) is 0 Å². The molecule has 1 rings (SSSR count). The van der Waals surface area contributed by atoms with Crippen LogP contribution in [0.1, 0.15) is 29.9 Å². The van der Waals surface area contributed by atoms with Crippen molar-refractivity contribution in [2.24, 2.45) is 11.7 Å². The van der Waals surface area contributed by atoms with Gasteiger partial charge in [0, 0.05) is 22.4 Å². The van der Waals surface area contributed by atoms with E-state index in [4.69, 9.17) is 5.73 Å². The van der Waals surface area contributed by atoms with Crippen LogP contribution in [0.25, 0.3) is 0 Å². The molecule has 0 bridgehead atoms. The van der Waals surface area contributed by atoms with Gasteiger partial charge in [-0.05, 0) is 34.3 Å². The summed E-state index contributed by atoms with van der Waals surface area (Å²) in [4.78, 5) is 12.5. The van der Waals surface area contributed by atoms with Crippen molar-refractivity contribution in [1.82, 2.24) is 5.32 Å². The van der Waals surface area contributed by atoms with Crippen molar-refractivity contribution in [2.45, 2.75) is 26.3 Å². The van der Waals surface area contributed by atoms with Gasteiger partial charge in [-0.3, -0.25) is 4.79 Å². The van der Waals surface area contributed by atoms with Crippen molar-refractivity contribution in [3.05, 3.63) is 20.8 Å². The quantitative estimate of drug-likeness (QED) is 0.865. The van der Waals surface area contributed by atoms with Crippen LogP contribution in [0.15, 0.2) is 15.9 Å². The summed E-state index contributed by atoms with van der Waals surface area (Å²) in [5.74, 6) is 0.496. The molecule has 1 atom stereocenters. The van der Waals surface area contributed by atoms with Gasteiger partial charge in [-0.15, -0.1) is 23.7 Å². The zero-order chi connectivity index (χ0) is 12.1. The smallest absolute Gasteiger partial charge is 0.261 e. The highest BCUT2D eigenvalue weighted by molar-refractivity contribution is 9.10. The Kier molecular flexibility index (Phi) is 8.03. The lowest BCUT2D eigenvalue weighted by atomic mass is 10.0. The van der Waals surface area contributed by atoms with E-state index in [1.54, 1.807) is 0 Å². The number of rotatable bonds is 5. The molecule has 1 amide bonds. The van der Waals surface area contributed by atoms with Crippen LogP contribution < -0.4 is 11.1 Å². The number of thiophene rings is 1. The van der Waals surface area contributed by atoms with E-state index in [1.165, 1.54) is 11.3 Å². The highest BCUT2D eigenvalue weighted by atomic mass is 79.9. The van der Waals surface area contributed by atoms with Crippen LogP contribution in [-0.4, -0.2) is 18.5 Å². The number of nitrogens with one attached hydrogen (secondary N) is 1. The molecule has 1 unspecified atom stereocenters. The van der Waals surface area contributed by atoms with E-state index in [-0.39, 0.29) is 24.4 Å². The van der Waals surface area contributed by atoms with Crippen LogP contribution in [0.2, 0.25) is 0 Å². The molecule has 0 spiro atoms. The minimum absolute atomic E-state index is 0. The van der Waals surface area contributed by atoms with Crippen LogP contribution in [0.3, 0.4) is 0 Å². The normalized spacial score (nSPS) is 12.1. The van der Waals surface area contributed by atoms with Gasteiger partial charge in [0.15, 0.2) is 0 Å². The second kappa shape index (κ2) is 8.08. The fourth-order valence-corrected chi connectivity index (χ4v) is 2.80. The first-order valence-electron chi connectivity index (χ1n) is 5.28. The Morgan fingerprint density at radius 1 is 1.59 bits per heavy atom. The molecule has 0 radical (unpaired) electrons. The Bertz CT molecular complexity index is 357. The van der Waals surface area contributed by atoms with Gasteiger partial charge >= 0.3 is 0 Å². The number of nitrogens with two attached hydrogens (primary N) is 1. The van der Waals surface area contributed by atoms with E-state index in [0.717, 1.165) is 10.9 Å². The molecule has 0 saturated carbocycles. The maximum Gasteiger partial charge on any atom is 0.261 e. The van der Waals surface area contributed by atoms with Crippen molar-refractivity contribution in [2.75, 3.05) is 6.54 Å². The van der Waals surface area contributed by atoms with Gasteiger partial charge < -0.3 is 11.1 Å². The summed E-state index contributed by atoms with van der Waals surface area (Å²) in [6, 6.07) is 1.89. The molecule has 1 heterocycles. The summed E-state index contributed by atoms with van der Waals surface area (Å²) in [6.45, 7) is 4.73. The number of carbonyl (C=O) groups excluding carboxylic acids is 1. The lowest BCUT2D eigenvalue weighted by molar-refractivity contribution is 0.0938. The van der Waals surface area contributed by atoms with Gasteiger partial charge in [0.05, 0.1) is 4.88 Å². The number of halogens is 2. The van der Waals surface area contributed by atoms with E-state index in [2.05, 4.69) is 35.1 Å². The van der Waals surface area contributed by atoms with Crippen LogP contribution >= 0.6 is 39.7 Å². The van der Waals surface area contributed by atoms with Gasteiger partial charge in [0.25, 0.3) is 5.91 Å². The van der Waals surface area contributed by atoms with Crippen molar-refractivity contribution in [3.8, 4) is 0 Å². The summed E-state index contributed by atoms with van der Waals surface area (Å²) in [5.41, 5.74) is 5.63. The molecule has 98 valence electrons. The lowest BCUT2D eigenvalue weighted by Crippen LogP contribution is -2.40. The second-order valence-corrected chi connectivity index (χ2v) is 5.99. The molecule has 0 aliphatic carbocycles. The number of amides is 1. The predicted molar refractivity (Wildman–Crippen MR) is 79.0 cm³/mol. The first-order chi connectivity index (χ1) is 7.52. The summed E-state index contributed by atoms with van der Waals surface area (Å²) in [6.07, 6.45) is 0.911. The number of carbonyl (C=O) groups is 1. The third kappa shape index (κ3) is 5.86. The Hall–Kier alpha value is -0.100. The van der Waals surface area contributed by atoms with Gasteiger partial charge in [-0.1, -0.05) is 13.8 Å². The monoisotopic (exact) mass is 340 g/mol. The average Bonchev–Trinajstić information content (AvgIpc) is 2.63. The first kappa shape index (κ1) is 16.9. The molecular weight excluding hydrogens is 324 g/mol. The maximum atomic E-state index is 11.8. The topological polar surface area (TPSA) is 55.1 Å². The van der Waals surface area contributed by atoms with E-state index in [1.807, 2.05) is 11.4 Å². The summed E-state index contributed by atoms with van der Waals surface area (Å²) < 4.78 is 0.941. The molecule has 17 heavy (non-hydrogen) atoms. The average molecular weight is 342 g/mol. The van der Waals surface area contributed by atoms with Crippen molar-refractivity contribution in [3.63, 3.8) is 0 Å². The first-order valence-corrected chi connectivity index (χ1v) is 6.95. The minimum atomic E-state index is -0.0354. The molecule has 0 aliphatic rings. The second-order valence-electron chi connectivity index (χ2n) is 4.16. The van der Waals surface area contributed by atoms with Crippen LogP contribution in [0, 0.1) is 5.92 Å². The van der Waals surface area contributed by atoms with Crippen molar-refractivity contribution >= 4 is 45.6 Å². The van der Waals surface area contributed by atoms with Crippen LogP contribution in [0.5, 0.6) is 0 Å². The van der Waals surface area contributed by atoms with Crippen LogP contribution in [0.4, 0.5) is 0 Å². The molecule has 6 heteroatoms. The van der Waals surface area contributed by atoms with Crippen LogP contribution in [-0.2, 0) is 0 Å². The fraction of sp³-hybridized carbons (Fsp3) is 0.545. The Balaban J connectivity index is 0.00000256. The molecule has 1 aromatic rings. The standard InChI is InChI=1S/C11H17BrN2OS.ClH/c1-7(2)3-9(5-13)14-11(15)10-4-8(12)6-16-10;/h4,6-7,9H,3,5,13H2,1-2H3,(H,14,15);1H. The van der Waals surface area contributed by atoms with E-state index < -0.39 is 0 Å². The number of hydrogen-bond acceptors (Lipinski definition) is 3. The van der Waals surface area contributed by atoms with Crippen molar-refractivity contribution in [1.29, 1.82) is 0 Å². The van der Waals surface area contributed by atoms with Gasteiger partial charge in [0.2, 0.25) is 0 Å². The molecule has 3 N–H and O–H groups in total. The molecular formula is C11H18BrClN2OS. The Labute approximate surface area is 121 Å². The third-order valence-corrected chi connectivity index (χ3v) is 3.86. The van der Waals surface area contributed by atoms with E-state index >= 15 is 0 Å². The molecule has 0 aliphatic heterocycles. The molecule has 0 fully saturated rings. The minimum Gasteiger partial charge on any atom is -0.347 e. The zero-order valence-electron chi connectivity index (χ0n) is 9.90. The fourth-order valence-electron chi connectivity index (χ4n) is 1.47. The number of hydrogen-bond donors (Lipinski definition) is 2. The maximum absolute atomic E-state index is 11.8. The largest absolute Gasteiger partial charge is 0.347 e. The third-order valence-electron chi connectivity index (χ3n) is 2.17. The SMILES string of the molecule is CC(C)CC(CN)NC(=O)c1cc(Br)cs1.Cl. The zero-order valence-corrected chi connectivity index (χ0v) is 13.1. The van der Waals surface area contributed by atoms with E-state index in [0.29, 0.717) is 17.3 Å². The van der Waals surface area contributed by atoms with E-state index in [9.17, 15) is 4.79 Å².